The number of carbonyl (C=O) groups is 1. The molecule has 0 bridgehead atoms. The van der Waals surface area contributed by atoms with E-state index in [-0.39, 0.29) is 11.7 Å². The SMILES string of the molecule is CNC1[C@@H]2CN(C(=O)OC(C)(C)C)C[C@@H]12. The number of ether oxygens (including phenoxy) is 1. The Balaban J connectivity index is 1.82. The van der Waals surface area contributed by atoms with Gasteiger partial charge in [0.15, 0.2) is 0 Å². The van der Waals surface area contributed by atoms with E-state index in [0.717, 1.165) is 13.1 Å². The first kappa shape index (κ1) is 10.7. The van der Waals surface area contributed by atoms with Gasteiger partial charge < -0.3 is 15.0 Å². The monoisotopic (exact) mass is 212 g/mol. The number of rotatable bonds is 1. The molecule has 2 rings (SSSR count). The van der Waals surface area contributed by atoms with Crippen molar-refractivity contribution in [2.45, 2.75) is 32.4 Å². The standard InChI is InChI=1S/C11H20N2O2/c1-11(2,3)15-10(14)13-5-7-8(6-13)9(7)12-4/h7-9,12H,5-6H2,1-4H3/t7-,8-/m1/s1. The van der Waals surface area contributed by atoms with E-state index in [9.17, 15) is 4.79 Å². The average molecular weight is 212 g/mol. The van der Waals surface area contributed by atoms with E-state index < -0.39 is 0 Å². The van der Waals surface area contributed by atoms with E-state index in [2.05, 4.69) is 5.32 Å². The number of nitrogens with zero attached hydrogens (tertiary/aromatic N) is 1. The largest absolute Gasteiger partial charge is 0.444 e. The van der Waals surface area contributed by atoms with Crippen LogP contribution in [0.3, 0.4) is 0 Å². The van der Waals surface area contributed by atoms with Gasteiger partial charge >= 0.3 is 6.09 Å². The lowest BCUT2D eigenvalue weighted by Crippen LogP contribution is -2.38. The van der Waals surface area contributed by atoms with Crippen LogP contribution < -0.4 is 5.32 Å². The summed E-state index contributed by atoms with van der Waals surface area (Å²) in [6.45, 7) is 7.41. The number of hydrogen-bond donors (Lipinski definition) is 1. The van der Waals surface area contributed by atoms with Crippen molar-refractivity contribution >= 4 is 6.09 Å². The van der Waals surface area contributed by atoms with Crippen molar-refractivity contribution in [3.8, 4) is 0 Å². The molecule has 1 N–H and O–H groups in total. The van der Waals surface area contributed by atoms with Gasteiger partial charge in [-0.05, 0) is 39.7 Å². The molecular formula is C11H20N2O2. The van der Waals surface area contributed by atoms with Crippen LogP contribution >= 0.6 is 0 Å². The molecule has 0 radical (unpaired) electrons. The fourth-order valence-electron chi connectivity index (χ4n) is 2.43. The Hall–Kier alpha value is -0.770. The molecule has 1 heterocycles. The number of carbonyl (C=O) groups excluding carboxylic acids is 1. The summed E-state index contributed by atoms with van der Waals surface area (Å²) in [7, 11) is 1.99. The molecule has 1 saturated heterocycles. The molecule has 86 valence electrons. The third-order valence-corrected chi connectivity index (χ3v) is 3.18. The van der Waals surface area contributed by atoms with Gasteiger partial charge in [0.2, 0.25) is 0 Å². The maximum absolute atomic E-state index is 11.7. The predicted molar refractivity (Wildman–Crippen MR) is 57.6 cm³/mol. The number of hydrogen-bond acceptors (Lipinski definition) is 3. The molecule has 1 saturated carbocycles. The van der Waals surface area contributed by atoms with Gasteiger partial charge in [0.05, 0.1) is 0 Å². The number of nitrogens with one attached hydrogen (secondary N) is 1. The van der Waals surface area contributed by atoms with Crippen molar-refractivity contribution in [2.75, 3.05) is 20.1 Å². The van der Waals surface area contributed by atoms with Crippen LogP contribution in [-0.2, 0) is 4.74 Å². The smallest absolute Gasteiger partial charge is 0.410 e. The summed E-state index contributed by atoms with van der Waals surface area (Å²) in [6.07, 6.45) is -0.162. The summed E-state index contributed by atoms with van der Waals surface area (Å²) in [4.78, 5) is 13.5. The van der Waals surface area contributed by atoms with E-state index >= 15 is 0 Å². The molecule has 0 aromatic heterocycles. The van der Waals surface area contributed by atoms with Crippen molar-refractivity contribution in [2.24, 2.45) is 11.8 Å². The van der Waals surface area contributed by atoms with Crippen LogP contribution in [0, 0.1) is 11.8 Å². The summed E-state index contributed by atoms with van der Waals surface area (Å²) >= 11 is 0. The molecule has 15 heavy (non-hydrogen) atoms. The zero-order chi connectivity index (χ0) is 11.2. The van der Waals surface area contributed by atoms with Crippen molar-refractivity contribution in [1.29, 1.82) is 0 Å². The van der Waals surface area contributed by atoms with E-state index in [1.165, 1.54) is 0 Å². The molecule has 2 aliphatic rings. The highest BCUT2D eigenvalue weighted by Crippen LogP contribution is 2.45. The Morgan fingerprint density at radius 3 is 2.27 bits per heavy atom. The zero-order valence-corrected chi connectivity index (χ0v) is 9.91. The molecule has 1 aliphatic heterocycles. The zero-order valence-electron chi connectivity index (χ0n) is 9.91. The highest BCUT2D eigenvalue weighted by atomic mass is 16.6. The van der Waals surface area contributed by atoms with E-state index in [4.69, 9.17) is 4.74 Å². The number of piperidine rings is 1. The highest BCUT2D eigenvalue weighted by molar-refractivity contribution is 5.69. The Morgan fingerprint density at radius 1 is 1.33 bits per heavy atom. The Morgan fingerprint density at radius 2 is 1.87 bits per heavy atom. The molecule has 0 aromatic rings. The lowest BCUT2D eigenvalue weighted by atomic mass is 10.2. The predicted octanol–water partition coefficient (Wildman–Crippen LogP) is 1.07. The fraction of sp³-hybridized carbons (Fsp3) is 0.909. The van der Waals surface area contributed by atoms with Crippen molar-refractivity contribution < 1.29 is 9.53 Å². The molecule has 4 heteroatoms. The minimum absolute atomic E-state index is 0.162. The maximum Gasteiger partial charge on any atom is 0.410 e. The van der Waals surface area contributed by atoms with Crippen molar-refractivity contribution in [3.63, 3.8) is 0 Å². The van der Waals surface area contributed by atoms with Crippen LogP contribution in [0.2, 0.25) is 0 Å². The quantitative estimate of drug-likeness (QED) is 0.707. The molecule has 2 atom stereocenters. The first-order valence-electron chi connectivity index (χ1n) is 5.57. The number of likely N-dealkylation sites (tertiary alicyclic amines) is 1. The first-order valence-corrected chi connectivity index (χ1v) is 5.57. The summed E-state index contributed by atoms with van der Waals surface area (Å²) in [6, 6.07) is 0.628. The average Bonchev–Trinajstić information content (AvgIpc) is 2.54. The number of amides is 1. The van der Waals surface area contributed by atoms with E-state index in [1.807, 2.05) is 32.7 Å². The second-order valence-corrected chi connectivity index (χ2v) is 5.53. The third kappa shape index (κ3) is 2.09. The van der Waals surface area contributed by atoms with Crippen LogP contribution in [0.4, 0.5) is 4.79 Å². The van der Waals surface area contributed by atoms with Gasteiger partial charge in [0.1, 0.15) is 5.60 Å². The lowest BCUT2D eigenvalue weighted by molar-refractivity contribution is 0.0270. The molecule has 0 spiro atoms. The molecule has 0 aromatic carbocycles. The van der Waals surface area contributed by atoms with Gasteiger partial charge in [-0.25, -0.2) is 4.79 Å². The summed E-state index contributed by atoms with van der Waals surface area (Å²) in [5, 5.41) is 3.27. The Kier molecular flexibility index (Phi) is 2.41. The van der Waals surface area contributed by atoms with Gasteiger partial charge in [0, 0.05) is 19.1 Å². The molecule has 1 amide bonds. The van der Waals surface area contributed by atoms with Gasteiger partial charge in [0.25, 0.3) is 0 Å². The van der Waals surface area contributed by atoms with E-state index in [0.29, 0.717) is 17.9 Å². The van der Waals surface area contributed by atoms with Gasteiger partial charge in [-0.2, -0.15) is 0 Å². The van der Waals surface area contributed by atoms with Gasteiger partial charge in [-0.1, -0.05) is 0 Å². The van der Waals surface area contributed by atoms with Gasteiger partial charge in [-0.15, -0.1) is 0 Å². The summed E-state index contributed by atoms with van der Waals surface area (Å²) < 4.78 is 5.33. The Labute approximate surface area is 91.0 Å². The second kappa shape index (κ2) is 3.37. The van der Waals surface area contributed by atoms with Crippen molar-refractivity contribution in [1.82, 2.24) is 10.2 Å². The highest BCUT2D eigenvalue weighted by Gasteiger charge is 2.56. The molecule has 1 aliphatic carbocycles. The summed E-state index contributed by atoms with van der Waals surface area (Å²) in [5.74, 6) is 1.31. The normalized spacial score (nSPS) is 33.9. The molecule has 0 unspecified atom stereocenters. The van der Waals surface area contributed by atoms with Crippen LogP contribution in [0.5, 0.6) is 0 Å². The van der Waals surface area contributed by atoms with E-state index in [1.54, 1.807) is 0 Å². The molecule has 2 fully saturated rings. The molecule has 4 nitrogen and oxygen atoms in total. The lowest BCUT2D eigenvalue weighted by Gasteiger charge is -2.25. The van der Waals surface area contributed by atoms with Crippen molar-refractivity contribution in [3.05, 3.63) is 0 Å². The maximum atomic E-state index is 11.7. The van der Waals surface area contributed by atoms with Crippen LogP contribution in [0.25, 0.3) is 0 Å². The first-order chi connectivity index (χ1) is 6.92. The van der Waals surface area contributed by atoms with Gasteiger partial charge in [-0.3, -0.25) is 0 Å². The minimum atomic E-state index is -0.383. The summed E-state index contributed by atoms with van der Waals surface area (Å²) in [5.41, 5.74) is -0.383. The third-order valence-electron chi connectivity index (χ3n) is 3.18. The van der Waals surface area contributed by atoms with Crippen LogP contribution in [-0.4, -0.2) is 42.8 Å². The topological polar surface area (TPSA) is 41.6 Å². The Bertz CT molecular complexity index is 260. The van der Waals surface area contributed by atoms with Crippen LogP contribution in [0.15, 0.2) is 0 Å². The second-order valence-electron chi connectivity index (χ2n) is 5.53. The fourth-order valence-corrected chi connectivity index (χ4v) is 2.43. The number of fused-ring (bicyclic) bond motifs is 1. The van der Waals surface area contributed by atoms with Crippen LogP contribution in [0.1, 0.15) is 20.8 Å². The minimum Gasteiger partial charge on any atom is -0.444 e. The molecular weight excluding hydrogens is 192 g/mol.